The number of nitrogens with zero attached hydrogens (tertiary/aromatic N) is 2. The van der Waals surface area contributed by atoms with E-state index in [1.807, 2.05) is 0 Å². The van der Waals surface area contributed by atoms with Gasteiger partial charge in [0.05, 0.1) is 5.69 Å². The summed E-state index contributed by atoms with van der Waals surface area (Å²) in [5.74, 6) is 0. The average molecular weight is 283 g/mol. The van der Waals surface area contributed by atoms with Crippen LogP contribution in [-0.4, -0.2) is 16.8 Å². The molecule has 1 unspecified atom stereocenters. The van der Waals surface area contributed by atoms with Crippen molar-refractivity contribution in [1.29, 1.82) is 0 Å². The molecule has 1 heterocycles. The predicted octanol–water partition coefficient (Wildman–Crippen LogP) is 3.78. The van der Waals surface area contributed by atoms with E-state index < -0.39 is 0 Å². The first-order valence-electron chi connectivity index (χ1n) is 8.00. The molecule has 1 aliphatic carbocycles. The van der Waals surface area contributed by atoms with Gasteiger partial charge in [0.25, 0.3) is 0 Å². The predicted molar refractivity (Wildman–Crippen MR) is 87.5 cm³/mol. The van der Waals surface area contributed by atoms with E-state index in [0.29, 0.717) is 6.04 Å². The number of nitrogens with one attached hydrogen (secondary N) is 1. The van der Waals surface area contributed by atoms with Crippen molar-refractivity contribution in [1.82, 2.24) is 15.1 Å². The van der Waals surface area contributed by atoms with Crippen molar-refractivity contribution in [3.05, 3.63) is 40.7 Å². The fourth-order valence-corrected chi connectivity index (χ4v) is 3.62. The van der Waals surface area contributed by atoms with Crippen molar-refractivity contribution in [3.8, 4) is 11.1 Å². The fourth-order valence-electron chi connectivity index (χ4n) is 3.62. The van der Waals surface area contributed by atoms with Gasteiger partial charge in [-0.3, -0.25) is 4.68 Å². The Bertz CT molecular complexity index is 655. The van der Waals surface area contributed by atoms with Gasteiger partial charge < -0.3 is 5.32 Å². The number of rotatable bonds is 4. The smallest absolute Gasteiger partial charge is 0.0674 e. The monoisotopic (exact) mass is 283 g/mol. The molecule has 0 amide bonds. The minimum absolute atomic E-state index is 0.527. The van der Waals surface area contributed by atoms with Crippen molar-refractivity contribution in [2.75, 3.05) is 7.05 Å². The molecule has 1 aromatic carbocycles. The molecule has 1 atom stereocenters. The van der Waals surface area contributed by atoms with E-state index in [9.17, 15) is 0 Å². The van der Waals surface area contributed by atoms with Gasteiger partial charge >= 0.3 is 0 Å². The zero-order valence-electron chi connectivity index (χ0n) is 13.5. The van der Waals surface area contributed by atoms with Gasteiger partial charge in [0.2, 0.25) is 0 Å². The Morgan fingerprint density at radius 3 is 2.86 bits per heavy atom. The van der Waals surface area contributed by atoms with Crippen LogP contribution in [0.1, 0.15) is 48.3 Å². The summed E-state index contributed by atoms with van der Waals surface area (Å²) in [5, 5.41) is 8.11. The van der Waals surface area contributed by atoms with Gasteiger partial charge in [-0.2, -0.15) is 5.10 Å². The highest BCUT2D eigenvalue weighted by Gasteiger charge is 2.22. The Balaban J connectivity index is 2.02. The molecule has 0 saturated carbocycles. The Hall–Kier alpha value is -1.61. The molecule has 3 rings (SSSR count). The summed E-state index contributed by atoms with van der Waals surface area (Å²) in [7, 11) is 2.05. The fraction of sp³-hybridized carbons (Fsp3) is 0.500. The molecule has 0 saturated heterocycles. The largest absolute Gasteiger partial charge is 0.313 e. The third-order valence-corrected chi connectivity index (χ3v) is 4.67. The highest BCUT2D eigenvalue weighted by molar-refractivity contribution is 5.70. The maximum atomic E-state index is 4.71. The van der Waals surface area contributed by atoms with Crippen molar-refractivity contribution >= 4 is 0 Å². The SMILES string of the molecule is CCCn1nc(C)c(-c2ccc3c(c2)CCC3NC)c1C. The first-order valence-corrected chi connectivity index (χ1v) is 8.00. The van der Waals surface area contributed by atoms with Crippen LogP contribution in [0.2, 0.25) is 0 Å². The minimum Gasteiger partial charge on any atom is -0.313 e. The standard InChI is InChI=1S/C18H25N3/c1-5-10-21-13(3)18(12(2)20-21)15-6-8-16-14(11-15)7-9-17(16)19-4/h6,8,11,17,19H,5,7,9-10H2,1-4H3. The lowest BCUT2D eigenvalue weighted by molar-refractivity contribution is 0.583. The van der Waals surface area contributed by atoms with E-state index in [1.165, 1.54) is 40.8 Å². The number of fused-ring (bicyclic) bond motifs is 1. The third kappa shape index (κ3) is 2.40. The van der Waals surface area contributed by atoms with E-state index in [0.717, 1.165) is 18.7 Å². The summed E-state index contributed by atoms with van der Waals surface area (Å²) < 4.78 is 2.15. The molecule has 3 heteroatoms. The number of hydrogen-bond acceptors (Lipinski definition) is 2. The van der Waals surface area contributed by atoms with Crippen LogP contribution >= 0.6 is 0 Å². The van der Waals surface area contributed by atoms with E-state index in [-0.39, 0.29) is 0 Å². The highest BCUT2D eigenvalue weighted by Crippen LogP contribution is 2.35. The van der Waals surface area contributed by atoms with E-state index >= 15 is 0 Å². The highest BCUT2D eigenvalue weighted by atomic mass is 15.3. The molecule has 0 spiro atoms. The van der Waals surface area contributed by atoms with Gasteiger partial charge in [0.15, 0.2) is 0 Å². The molecular formula is C18H25N3. The molecule has 0 fully saturated rings. The summed E-state index contributed by atoms with van der Waals surface area (Å²) in [6.45, 7) is 7.51. The normalized spacial score (nSPS) is 17.2. The number of benzene rings is 1. The Kier molecular flexibility index (Phi) is 3.85. The molecule has 1 aliphatic rings. The van der Waals surface area contributed by atoms with Gasteiger partial charge in [-0.15, -0.1) is 0 Å². The van der Waals surface area contributed by atoms with Gasteiger partial charge in [0, 0.05) is 23.8 Å². The second-order valence-corrected chi connectivity index (χ2v) is 6.06. The molecule has 1 N–H and O–H groups in total. The first-order chi connectivity index (χ1) is 10.2. The molecule has 21 heavy (non-hydrogen) atoms. The molecule has 0 aliphatic heterocycles. The van der Waals surface area contributed by atoms with Crippen molar-refractivity contribution in [2.24, 2.45) is 0 Å². The van der Waals surface area contributed by atoms with Crippen molar-refractivity contribution < 1.29 is 0 Å². The molecular weight excluding hydrogens is 258 g/mol. The second-order valence-electron chi connectivity index (χ2n) is 6.06. The quantitative estimate of drug-likeness (QED) is 0.925. The maximum Gasteiger partial charge on any atom is 0.0674 e. The van der Waals surface area contributed by atoms with Gasteiger partial charge in [-0.1, -0.05) is 25.1 Å². The van der Waals surface area contributed by atoms with Crippen LogP contribution < -0.4 is 5.32 Å². The minimum atomic E-state index is 0.527. The maximum absolute atomic E-state index is 4.71. The van der Waals surface area contributed by atoms with Crippen molar-refractivity contribution in [3.63, 3.8) is 0 Å². The second kappa shape index (κ2) is 5.64. The molecule has 0 radical (unpaired) electrons. The van der Waals surface area contributed by atoms with Gasteiger partial charge in [0.1, 0.15) is 0 Å². The topological polar surface area (TPSA) is 29.9 Å². The lowest BCUT2D eigenvalue weighted by atomic mass is 9.98. The average Bonchev–Trinajstić information content (AvgIpc) is 3.00. The third-order valence-electron chi connectivity index (χ3n) is 4.67. The Morgan fingerprint density at radius 2 is 2.14 bits per heavy atom. The summed E-state index contributed by atoms with van der Waals surface area (Å²) in [6.07, 6.45) is 3.51. The number of aromatic nitrogens is 2. The summed E-state index contributed by atoms with van der Waals surface area (Å²) in [4.78, 5) is 0. The van der Waals surface area contributed by atoms with Crippen LogP contribution in [0.15, 0.2) is 18.2 Å². The van der Waals surface area contributed by atoms with E-state index in [4.69, 9.17) is 5.10 Å². The van der Waals surface area contributed by atoms with E-state index in [1.54, 1.807) is 0 Å². The van der Waals surface area contributed by atoms with Crippen LogP contribution in [0, 0.1) is 13.8 Å². The molecule has 2 aromatic rings. The number of aryl methyl sites for hydroxylation is 3. The van der Waals surface area contributed by atoms with Crippen LogP contribution in [0.25, 0.3) is 11.1 Å². The molecule has 3 nitrogen and oxygen atoms in total. The summed E-state index contributed by atoms with van der Waals surface area (Å²) >= 11 is 0. The zero-order valence-corrected chi connectivity index (χ0v) is 13.5. The lowest BCUT2D eigenvalue weighted by Crippen LogP contribution is -2.12. The van der Waals surface area contributed by atoms with Crippen LogP contribution in [-0.2, 0) is 13.0 Å². The van der Waals surface area contributed by atoms with Crippen LogP contribution in [0.3, 0.4) is 0 Å². The van der Waals surface area contributed by atoms with Gasteiger partial charge in [-0.25, -0.2) is 0 Å². The summed E-state index contributed by atoms with van der Waals surface area (Å²) in [6, 6.07) is 7.47. The van der Waals surface area contributed by atoms with E-state index in [2.05, 4.69) is 56.0 Å². The molecule has 112 valence electrons. The van der Waals surface area contributed by atoms with Crippen LogP contribution in [0.4, 0.5) is 0 Å². The first kappa shape index (κ1) is 14.3. The Labute approximate surface area is 127 Å². The summed E-state index contributed by atoms with van der Waals surface area (Å²) in [5.41, 5.74) is 8.04. The van der Waals surface area contributed by atoms with Gasteiger partial charge in [-0.05, 0) is 56.8 Å². The molecule has 0 bridgehead atoms. The number of hydrogen-bond donors (Lipinski definition) is 1. The lowest BCUT2D eigenvalue weighted by Gasteiger charge is -2.11. The van der Waals surface area contributed by atoms with Crippen molar-refractivity contribution in [2.45, 2.75) is 52.6 Å². The zero-order chi connectivity index (χ0) is 15.0. The van der Waals surface area contributed by atoms with Crippen LogP contribution in [0.5, 0.6) is 0 Å². The Morgan fingerprint density at radius 1 is 1.33 bits per heavy atom. The molecule has 1 aromatic heterocycles.